The third-order valence-electron chi connectivity index (χ3n) is 4.23. The summed E-state index contributed by atoms with van der Waals surface area (Å²) in [6.45, 7) is 7.14. The first-order valence-corrected chi connectivity index (χ1v) is 9.39. The van der Waals surface area contributed by atoms with E-state index in [1.165, 1.54) is 5.69 Å². The highest BCUT2D eigenvalue weighted by atomic mass is 79.9. The van der Waals surface area contributed by atoms with Gasteiger partial charge in [-0.2, -0.15) is 0 Å². The molecule has 1 aliphatic rings. The van der Waals surface area contributed by atoms with Gasteiger partial charge in [-0.1, -0.05) is 18.2 Å². The number of nitrogens with zero attached hydrogens (tertiary/aromatic N) is 2. The number of amides is 1. The fraction of sp³-hybridized carbons (Fsp3) is 0.350. The number of hydrogen-bond acceptors (Lipinski definition) is 3. The Bertz CT molecular complexity index is 726. The lowest BCUT2D eigenvalue weighted by molar-refractivity contribution is 0.0746. The number of rotatable bonds is 4. The Morgan fingerprint density at radius 2 is 1.72 bits per heavy atom. The molecule has 2 aromatic carbocycles. The lowest BCUT2D eigenvalue weighted by Gasteiger charge is -2.36. The summed E-state index contributed by atoms with van der Waals surface area (Å²) in [6.07, 6.45) is 0.101. The summed E-state index contributed by atoms with van der Waals surface area (Å²) in [5, 5.41) is 0. The van der Waals surface area contributed by atoms with E-state index in [0.717, 1.165) is 36.4 Å². The van der Waals surface area contributed by atoms with Crippen molar-refractivity contribution >= 4 is 27.5 Å². The Hall–Kier alpha value is -2.01. The molecular weight excluding hydrogens is 380 g/mol. The van der Waals surface area contributed by atoms with E-state index in [9.17, 15) is 4.79 Å². The van der Waals surface area contributed by atoms with Gasteiger partial charge in [0.15, 0.2) is 0 Å². The van der Waals surface area contributed by atoms with E-state index >= 15 is 0 Å². The van der Waals surface area contributed by atoms with Crippen LogP contribution in [0.4, 0.5) is 5.69 Å². The highest BCUT2D eigenvalue weighted by Gasteiger charge is 2.22. The van der Waals surface area contributed by atoms with Crippen LogP contribution in [-0.2, 0) is 0 Å². The van der Waals surface area contributed by atoms with Gasteiger partial charge in [-0.3, -0.25) is 4.79 Å². The molecule has 1 saturated heterocycles. The number of ether oxygens (including phenoxy) is 1. The molecular formula is C20H23BrN2O2. The van der Waals surface area contributed by atoms with Gasteiger partial charge in [-0.25, -0.2) is 0 Å². The number of carbonyl (C=O) groups is 1. The fourth-order valence-electron chi connectivity index (χ4n) is 2.97. The highest BCUT2D eigenvalue weighted by Crippen LogP contribution is 2.27. The maximum atomic E-state index is 12.8. The largest absolute Gasteiger partial charge is 0.490 e. The molecule has 0 atom stereocenters. The molecule has 0 radical (unpaired) electrons. The van der Waals surface area contributed by atoms with Gasteiger partial charge in [-0.05, 0) is 60.1 Å². The number of benzene rings is 2. The Labute approximate surface area is 157 Å². The lowest BCUT2D eigenvalue weighted by atomic mass is 10.1. The number of halogens is 1. The average molecular weight is 403 g/mol. The number of hydrogen-bond donors (Lipinski definition) is 0. The van der Waals surface area contributed by atoms with Crippen molar-refractivity contribution in [3.8, 4) is 5.75 Å². The minimum Gasteiger partial charge on any atom is -0.490 e. The summed E-state index contributed by atoms with van der Waals surface area (Å²) in [4.78, 5) is 17.0. The predicted molar refractivity (Wildman–Crippen MR) is 104 cm³/mol. The van der Waals surface area contributed by atoms with Gasteiger partial charge in [0.25, 0.3) is 5.91 Å². The minimum absolute atomic E-state index is 0.0736. The van der Waals surface area contributed by atoms with Gasteiger partial charge >= 0.3 is 0 Å². The number of para-hydroxylation sites is 1. The molecule has 25 heavy (non-hydrogen) atoms. The van der Waals surface area contributed by atoms with Crippen molar-refractivity contribution in [2.45, 2.75) is 20.0 Å². The smallest absolute Gasteiger partial charge is 0.254 e. The molecule has 132 valence electrons. The molecule has 4 nitrogen and oxygen atoms in total. The predicted octanol–water partition coefficient (Wildman–Crippen LogP) is 4.20. The molecule has 0 spiro atoms. The molecule has 0 saturated carbocycles. The zero-order valence-electron chi connectivity index (χ0n) is 14.6. The Morgan fingerprint density at radius 3 is 2.32 bits per heavy atom. The van der Waals surface area contributed by atoms with Gasteiger partial charge in [-0.15, -0.1) is 0 Å². The summed E-state index contributed by atoms with van der Waals surface area (Å²) >= 11 is 3.50. The lowest BCUT2D eigenvalue weighted by Crippen LogP contribution is -2.48. The van der Waals surface area contributed by atoms with E-state index in [4.69, 9.17) is 4.74 Å². The molecule has 0 bridgehead atoms. The zero-order chi connectivity index (χ0) is 17.8. The average Bonchev–Trinajstić information content (AvgIpc) is 2.63. The molecule has 0 unspecified atom stereocenters. The van der Waals surface area contributed by atoms with Crippen molar-refractivity contribution in [3.05, 3.63) is 58.6 Å². The maximum Gasteiger partial charge on any atom is 0.254 e. The van der Waals surface area contributed by atoms with Crippen LogP contribution in [-0.4, -0.2) is 43.1 Å². The van der Waals surface area contributed by atoms with Gasteiger partial charge in [0.05, 0.1) is 10.6 Å². The second-order valence-electron chi connectivity index (χ2n) is 6.43. The highest BCUT2D eigenvalue weighted by molar-refractivity contribution is 9.10. The Morgan fingerprint density at radius 1 is 1.04 bits per heavy atom. The maximum absolute atomic E-state index is 12.8. The normalized spacial score (nSPS) is 14.7. The minimum atomic E-state index is 0.0736. The van der Waals surface area contributed by atoms with E-state index < -0.39 is 0 Å². The molecule has 1 fully saturated rings. The van der Waals surface area contributed by atoms with E-state index in [1.807, 2.05) is 55.1 Å². The zero-order valence-corrected chi connectivity index (χ0v) is 16.2. The molecule has 5 heteroatoms. The van der Waals surface area contributed by atoms with Crippen molar-refractivity contribution in [1.82, 2.24) is 4.90 Å². The molecule has 1 amide bonds. The van der Waals surface area contributed by atoms with E-state index in [0.29, 0.717) is 5.56 Å². The summed E-state index contributed by atoms with van der Waals surface area (Å²) < 4.78 is 6.52. The van der Waals surface area contributed by atoms with E-state index in [-0.39, 0.29) is 12.0 Å². The van der Waals surface area contributed by atoms with Crippen LogP contribution >= 0.6 is 15.9 Å². The third-order valence-corrected chi connectivity index (χ3v) is 4.85. The van der Waals surface area contributed by atoms with Crippen molar-refractivity contribution < 1.29 is 9.53 Å². The topological polar surface area (TPSA) is 32.8 Å². The van der Waals surface area contributed by atoms with Crippen LogP contribution in [0.15, 0.2) is 53.0 Å². The molecule has 1 aliphatic heterocycles. The van der Waals surface area contributed by atoms with Gasteiger partial charge in [0, 0.05) is 37.4 Å². The number of carbonyl (C=O) groups excluding carboxylic acids is 1. The molecule has 0 aliphatic carbocycles. The van der Waals surface area contributed by atoms with Gasteiger partial charge in [0.2, 0.25) is 0 Å². The molecule has 3 rings (SSSR count). The SMILES string of the molecule is CC(C)Oc1ccc(C(=O)N2CCN(c3ccccc3)CC2)cc1Br. The van der Waals surface area contributed by atoms with Crippen LogP contribution in [0.3, 0.4) is 0 Å². The second kappa shape index (κ2) is 7.91. The summed E-state index contributed by atoms with van der Waals surface area (Å²) in [5.41, 5.74) is 1.91. The molecule has 0 N–H and O–H groups in total. The van der Waals surface area contributed by atoms with Crippen LogP contribution in [0, 0.1) is 0 Å². The molecule has 1 heterocycles. The molecule has 0 aromatic heterocycles. The fourth-order valence-corrected chi connectivity index (χ4v) is 3.44. The van der Waals surface area contributed by atoms with E-state index in [2.05, 4.69) is 33.0 Å². The van der Waals surface area contributed by atoms with Crippen molar-refractivity contribution in [2.75, 3.05) is 31.1 Å². The van der Waals surface area contributed by atoms with Gasteiger partial charge in [0.1, 0.15) is 5.75 Å². The Balaban J connectivity index is 1.64. The van der Waals surface area contributed by atoms with Crippen molar-refractivity contribution in [3.63, 3.8) is 0 Å². The second-order valence-corrected chi connectivity index (χ2v) is 7.28. The van der Waals surface area contributed by atoms with Crippen molar-refractivity contribution in [2.24, 2.45) is 0 Å². The quantitative estimate of drug-likeness (QED) is 0.767. The van der Waals surface area contributed by atoms with Crippen LogP contribution < -0.4 is 9.64 Å². The first kappa shape index (κ1) is 17.8. The number of anilines is 1. The van der Waals surface area contributed by atoms with Crippen LogP contribution in [0.5, 0.6) is 5.75 Å². The summed E-state index contributed by atoms with van der Waals surface area (Å²) in [5.74, 6) is 0.838. The van der Waals surface area contributed by atoms with Crippen LogP contribution in [0.2, 0.25) is 0 Å². The number of piperazine rings is 1. The molecule has 2 aromatic rings. The van der Waals surface area contributed by atoms with Crippen LogP contribution in [0.25, 0.3) is 0 Å². The standard InChI is InChI=1S/C20H23BrN2O2/c1-15(2)25-19-9-8-16(14-18(19)21)20(24)23-12-10-22(11-13-23)17-6-4-3-5-7-17/h3-9,14-15H,10-13H2,1-2H3. The van der Waals surface area contributed by atoms with E-state index in [1.54, 1.807) is 0 Å². The summed E-state index contributed by atoms with van der Waals surface area (Å²) in [6, 6.07) is 15.9. The third kappa shape index (κ3) is 4.34. The van der Waals surface area contributed by atoms with Crippen molar-refractivity contribution in [1.29, 1.82) is 0 Å². The monoisotopic (exact) mass is 402 g/mol. The van der Waals surface area contributed by atoms with Crippen LogP contribution in [0.1, 0.15) is 24.2 Å². The summed E-state index contributed by atoms with van der Waals surface area (Å²) in [7, 11) is 0. The first-order chi connectivity index (χ1) is 12.0. The first-order valence-electron chi connectivity index (χ1n) is 8.60. The van der Waals surface area contributed by atoms with Gasteiger partial charge < -0.3 is 14.5 Å². The Kier molecular flexibility index (Phi) is 5.63.